The second kappa shape index (κ2) is 10.1. The number of thiazole rings is 1. The summed E-state index contributed by atoms with van der Waals surface area (Å²) in [6.07, 6.45) is 2.51. The highest BCUT2D eigenvalue weighted by Gasteiger charge is 2.11. The first-order chi connectivity index (χ1) is 13.1. The van der Waals surface area contributed by atoms with Crippen LogP contribution in [0.5, 0.6) is 5.75 Å². The fraction of sp³-hybridized carbons (Fsp3) is 0.158. The van der Waals surface area contributed by atoms with Crippen molar-refractivity contribution in [1.29, 1.82) is 0 Å². The van der Waals surface area contributed by atoms with Crippen LogP contribution in [0.2, 0.25) is 0 Å². The fourth-order valence-corrected chi connectivity index (χ4v) is 3.51. The third kappa shape index (κ3) is 5.35. The van der Waals surface area contributed by atoms with Crippen LogP contribution in [0.15, 0.2) is 46.7 Å². The van der Waals surface area contributed by atoms with Crippen LogP contribution >= 0.6 is 23.1 Å². The molecule has 0 aliphatic carbocycles. The topological polar surface area (TPSA) is 59.4 Å². The highest BCUT2D eigenvalue weighted by molar-refractivity contribution is 7.98. The molecule has 1 heterocycles. The molecule has 1 aromatic heterocycles. The van der Waals surface area contributed by atoms with Gasteiger partial charge in [0.2, 0.25) is 0 Å². The van der Waals surface area contributed by atoms with E-state index in [0.29, 0.717) is 33.2 Å². The van der Waals surface area contributed by atoms with E-state index in [2.05, 4.69) is 4.98 Å². The summed E-state index contributed by atoms with van der Waals surface area (Å²) in [6.45, 7) is 0.263. The second-order valence-electron chi connectivity index (χ2n) is 5.06. The number of hydrogen-bond acceptors (Lipinski definition) is 6. The van der Waals surface area contributed by atoms with Gasteiger partial charge in [0.1, 0.15) is 23.1 Å². The maximum atomic E-state index is 13.6. The molecule has 3 aromatic rings. The number of nitrogens with zero attached hydrogens (tertiary/aromatic N) is 1. The number of rotatable bonds is 6. The molecule has 0 spiro atoms. The van der Waals surface area contributed by atoms with Gasteiger partial charge in [-0.25, -0.2) is 13.8 Å². The normalized spacial score (nSPS) is 10.1. The lowest BCUT2D eigenvalue weighted by molar-refractivity contribution is 0.111. The molecule has 142 valence electrons. The van der Waals surface area contributed by atoms with E-state index in [0.717, 1.165) is 12.7 Å². The molecule has 2 aromatic carbocycles. The van der Waals surface area contributed by atoms with Gasteiger partial charge in [0, 0.05) is 17.4 Å². The molecule has 0 radical (unpaired) electrons. The van der Waals surface area contributed by atoms with Gasteiger partial charge >= 0.3 is 0 Å². The second-order valence-corrected chi connectivity index (χ2v) is 6.85. The molecule has 0 unspecified atom stereocenters. The summed E-state index contributed by atoms with van der Waals surface area (Å²) >= 11 is 2.71. The average Bonchev–Trinajstić information content (AvgIpc) is 3.18. The van der Waals surface area contributed by atoms with E-state index in [1.54, 1.807) is 29.6 Å². The van der Waals surface area contributed by atoms with Crippen molar-refractivity contribution in [1.82, 2.24) is 4.98 Å². The number of thioether (sulfide) groups is 1. The van der Waals surface area contributed by atoms with E-state index >= 15 is 0 Å². The molecule has 0 aliphatic heterocycles. The average molecular weight is 409 g/mol. The Labute approximate surface area is 163 Å². The first-order valence-electron chi connectivity index (χ1n) is 7.71. The minimum Gasteiger partial charge on any atom is -0.486 e. The quantitative estimate of drug-likeness (QED) is 0.468. The van der Waals surface area contributed by atoms with Crippen LogP contribution in [0.4, 0.5) is 8.78 Å². The fourth-order valence-electron chi connectivity index (χ4n) is 2.24. The van der Waals surface area contributed by atoms with Gasteiger partial charge < -0.3 is 9.84 Å². The highest BCUT2D eigenvalue weighted by Crippen LogP contribution is 2.33. The first-order valence-corrected chi connectivity index (χ1v) is 9.81. The summed E-state index contributed by atoms with van der Waals surface area (Å²) in [5, 5.41) is 9.37. The number of ether oxygens (including phenoxy) is 1. The molecular formula is C19H17F2NO3S2. The minimum absolute atomic E-state index is 0.263. The lowest BCUT2D eigenvalue weighted by atomic mass is 10.1. The van der Waals surface area contributed by atoms with Crippen molar-refractivity contribution in [2.24, 2.45) is 0 Å². The van der Waals surface area contributed by atoms with Crippen molar-refractivity contribution in [3.8, 4) is 16.9 Å². The number of aldehydes is 1. The molecule has 8 heteroatoms. The Balaban J connectivity index is 0.00000126. The third-order valence-corrected chi connectivity index (χ3v) is 5.08. The molecule has 0 saturated heterocycles. The third-order valence-electron chi connectivity index (χ3n) is 3.46. The van der Waals surface area contributed by atoms with E-state index in [9.17, 15) is 13.6 Å². The van der Waals surface area contributed by atoms with Gasteiger partial charge in [-0.15, -0.1) is 23.1 Å². The van der Waals surface area contributed by atoms with Gasteiger partial charge in [0.25, 0.3) is 0 Å². The summed E-state index contributed by atoms with van der Waals surface area (Å²) in [7, 11) is 1.00. The molecule has 0 fully saturated rings. The van der Waals surface area contributed by atoms with E-state index in [1.807, 2.05) is 6.26 Å². The maximum absolute atomic E-state index is 13.6. The Morgan fingerprint density at radius 2 is 1.85 bits per heavy atom. The molecule has 3 rings (SSSR count). The van der Waals surface area contributed by atoms with Crippen LogP contribution in [0.3, 0.4) is 0 Å². The lowest BCUT2D eigenvalue weighted by Crippen LogP contribution is -1.95. The summed E-state index contributed by atoms with van der Waals surface area (Å²) in [5.74, 6) is -1.10. The van der Waals surface area contributed by atoms with E-state index in [4.69, 9.17) is 9.84 Å². The Hall–Kier alpha value is -2.29. The zero-order valence-electron chi connectivity index (χ0n) is 14.6. The largest absolute Gasteiger partial charge is 0.486 e. The lowest BCUT2D eigenvalue weighted by Gasteiger charge is -2.10. The van der Waals surface area contributed by atoms with Crippen molar-refractivity contribution < 1.29 is 23.4 Å². The number of aromatic nitrogens is 1. The summed E-state index contributed by atoms with van der Waals surface area (Å²) in [4.78, 5) is 15.4. The van der Waals surface area contributed by atoms with Crippen LogP contribution in [0, 0.1) is 11.6 Å². The molecule has 0 bridgehead atoms. The van der Waals surface area contributed by atoms with Gasteiger partial charge in [-0.3, -0.25) is 4.79 Å². The van der Waals surface area contributed by atoms with Gasteiger partial charge in [0.15, 0.2) is 17.9 Å². The number of carbonyl (C=O) groups excluding carboxylic acids is 1. The van der Waals surface area contributed by atoms with Crippen molar-refractivity contribution in [2.45, 2.75) is 11.5 Å². The zero-order chi connectivity index (χ0) is 19.8. The van der Waals surface area contributed by atoms with E-state index < -0.39 is 11.6 Å². The molecule has 1 N–H and O–H groups in total. The molecule has 0 saturated carbocycles. The highest BCUT2D eigenvalue weighted by atomic mass is 32.2. The Kier molecular flexibility index (Phi) is 7.90. The van der Waals surface area contributed by atoms with Crippen LogP contribution < -0.4 is 4.74 Å². The van der Waals surface area contributed by atoms with E-state index in [1.165, 1.54) is 35.2 Å². The van der Waals surface area contributed by atoms with Gasteiger partial charge in [-0.2, -0.15) is 0 Å². The standard InChI is InChI=1S/C18H13F2NO2S2.CH4O/c1-24-17-7-16(20)15(19)6-14(17)11-2-4-13(5-3-11)23-9-18-21-12(8-22)10-25-18;1-2/h2-8,10H,9H2,1H3;2H,1H3. The zero-order valence-corrected chi connectivity index (χ0v) is 16.2. The van der Waals surface area contributed by atoms with Crippen LogP contribution in [-0.2, 0) is 6.61 Å². The summed E-state index contributed by atoms with van der Waals surface area (Å²) in [5.41, 5.74) is 1.79. The van der Waals surface area contributed by atoms with Crippen LogP contribution in [-0.4, -0.2) is 29.7 Å². The van der Waals surface area contributed by atoms with E-state index in [-0.39, 0.29) is 6.61 Å². The number of hydrogen-bond donors (Lipinski definition) is 1. The van der Waals surface area contributed by atoms with Gasteiger partial charge in [-0.05, 0) is 41.6 Å². The number of carbonyl (C=O) groups is 1. The predicted molar refractivity (Wildman–Crippen MR) is 104 cm³/mol. The number of halogens is 2. The monoisotopic (exact) mass is 409 g/mol. The van der Waals surface area contributed by atoms with Crippen molar-refractivity contribution in [2.75, 3.05) is 13.4 Å². The van der Waals surface area contributed by atoms with Gasteiger partial charge in [-0.1, -0.05) is 12.1 Å². The maximum Gasteiger partial charge on any atom is 0.169 e. The molecule has 4 nitrogen and oxygen atoms in total. The molecule has 0 atom stereocenters. The van der Waals surface area contributed by atoms with Crippen LogP contribution in [0.1, 0.15) is 15.5 Å². The summed E-state index contributed by atoms with van der Waals surface area (Å²) < 4.78 is 32.6. The molecule has 27 heavy (non-hydrogen) atoms. The van der Waals surface area contributed by atoms with Crippen molar-refractivity contribution in [3.63, 3.8) is 0 Å². The molecular weight excluding hydrogens is 392 g/mol. The Morgan fingerprint density at radius 3 is 2.44 bits per heavy atom. The Morgan fingerprint density at radius 1 is 1.19 bits per heavy atom. The predicted octanol–water partition coefficient (Wildman–Crippen LogP) is 4.81. The smallest absolute Gasteiger partial charge is 0.169 e. The van der Waals surface area contributed by atoms with Crippen molar-refractivity contribution >= 4 is 29.4 Å². The molecule has 0 amide bonds. The van der Waals surface area contributed by atoms with Crippen LogP contribution in [0.25, 0.3) is 11.1 Å². The number of benzene rings is 2. The minimum atomic E-state index is -0.872. The number of aliphatic hydroxyl groups is 1. The first kappa shape index (κ1) is 21.0. The Bertz CT molecular complexity index is 898. The van der Waals surface area contributed by atoms with Gasteiger partial charge in [0.05, 0.1) is 0 Å². The number of aliphatic hydroxyl groups excluding tert-OH is 1. The van der Waals surface area contributed by atoms with Crippen molar-refractivity contribution in [3.05, 3.63) is 64.1 Å². The SMILES string of the molecule is CO.CSc1cc(F)c(F)cc1-c1ccc(OCc2nc(C=O)cs2)cc1. The molecule has 0 aliphatic rings. The summed E-state index contributed by atoms with van der Waals surface area (Å²) in [6, 6.07) is 9.51.